The maximum absolute atomic E-state index is 12.6. The SMILES string of the molecule is COCCN(CCO)C(=O)c1oc2ccc(Br)cc2c1C. The van der Waals surface area contributed by atoms with Gasteiger partial charge in [0, 0.05) is 35.6 Å². The number of carbonyl (C=O) groups is 1. The minimum Gasteiger partial charge on any atom is -0.451 e. The summed E-state index contributed by atoms with van der Waals surface area (Å²) in [5.74, 6) is 0.0820. The lowest BCUT2D eigenvalue weighted by molar-refractivity contribution is 0.0627. The van der Waals surface area contributed by atoms with Gasteiger partial charge >= 0.3 is 0 Å². The number of ether oxygens (including phenoxy) is 1. The molecular weight excluding hydrogens is 338 g/mol. The Bertz CT molecular complexity index is 638. The number of hydrogen-bond donors (Lipinski definition) is 1. The third-order valence-electron chi connectivity index (χ3n) is 3.31. The summed E-state index contributed by atoms with van der Waals surface area (Å²) in [6, 6.07) is 5.63. The second kappa shape index (κ2) is 7.06. The maximum atomic E-state index is 12.6. The maximum Gasteiger partial charge on any atom is 0.290 e. The van der Waals surface area contributed by atoms with Crippen LogP contribution in [0.3, 0.4) is 0 Å². The summed E-state index contributed by atoms with van der Waals surface area (Å²) in [6.07, 6.45) is 0. The molecule has 0 unspecified atom stereocenters. The second-order valence-electron chi connectivity index (χ2n) is 4.71. The van der Waals surface area contributed by atoms with Crippen molar-refractivity contribution in [3.8, 4) is 0 Å². The Labute approximate surface area is 131 Å². The van der Waals surface area contributed by atoms with Gasteiger partial charge in [0.2, 0.25) is 0 Å². The fraction of sp³-hybridized carbons (Fsp3) is 0.400. The minimum absolute atomic E-state index is 0.0969. The van der Waals surface area contributed by atoms with Gasteiger partial charge in [-0.15, -0.1) is 0 Å². The first-order valence-electron chi connectivity index (χ1n) is 6.66. The number of fused-ring (bicyclic) bond motifs is 1. The molecule has 21 heavy (non-hydrogen) atoms. The van der Waals surface area contributed by atoms with Crippen molar-refractivity contribution in [3.05, 3.63) is 34.0 Å². The van der Waals surface area contributed by atoms with E-state index in [4.69, 9.17) is 14.3 Å². The van der Waals surface area contributed by atoms with Crippen molar-refractivity contribution in [3.63, 3.8) is 0 Å². The van der Waals surface area contributed by atoms with Crippen molar-refractivity contribution < 1.29 is 19.1 Å². The van der Waals surface area contributed by atoms with Crippen molar-refractivity contribution in [1.82, 2.24) is 4.90 Å². The Hall–Kier alpha value is -1.37. The number of rotatable bonds is 6. The molecule has 1 amide bonds. The lowest BCUT2D eigenvalue weighted by atomic mass is 10.1. The molecule has 2 rings (SSSR count). The third-order valence-corrected chi connectivity index (χ3v) is 3.81. The molecule has 114 valence electrons. The van der Waals surface area contributed by atoms with Crippen LogP contribution in [-0.4, -0.2) is 49.3 Å². The highest BCUT2D eigenvalue weighted by atomic mass is 79.9. The highest BCUT2D eigenvalue weighted by Crippen LogP contribution is 2.28. The summed E-state index contributed by atoms with van der Waals surface area (Å²) in [7, 11) is 1.57. The first-order chi connectivity index (χ1) is 10.1. The van der Waals surface area contributed by atoms with Gasteiger partial charge in [-0.25, -0.2) is 0 Å². The molecule has 5 nitrogen and oxygen atoms in total. The van der Waals surface area contributed by atoms with Crippen LogP contribution in [0.2, 0.25) is 0 Å². The number of carbonyl (C=O) groups excluding carboxylic acids is 1. The van der Waals surface area contributed by atoms with Crippen LogP contribution in [0.4, 0.5) is 0 Å². The number of hydrogen-bond acceptors (Lipinski definition) is 4. The molecule has 1 heterocycles. The Morgan fingerprint density at radius 1 is 1.43 bits per heavy atom. The number of aliphatic hydroxyl groups excluding tert-OH is 1. The van der Waals surface area contributed by atoms with Crippen LogP contribution >= 0.6 is 15.9 Å². The molecule has 0 saturated carbocycles. The standard InChI is InChI=1S/C15H18BrNO4/c1-10-12-9-11(16)3-4-13(12)21-14(10)15(19)17(5-7-18)6-8-20-2/h3-4,9,18H,5-8H2,1-2H3. The first-order valence-corrected chi connectivity index (χ1v) is 7.45. The second-order valence-corrected chi connectivity index (χ2v) is 5.62. The summed E-state index contributed by atoms with van der Waals surface area (Å²) in [5, 5.41) is 10.0. The van der Waals surface area contributed by atoms with E-state index in [0.717, 1.165) is 15.4 Å². The number of aliphatic hydroxyl groups is 1. The average molecular weight is 356 g/mol. The van der Waals surface area contributed by atoms with E-state index in [2.05, 4.69) is 15.9 Å². The summed E-state index contributed by atoms with van der Waals surface area (Å²) < 4.78 is 11.6. The van der Waals surface area contributed by atoms with Gasteiger partial charge in [0.15, 0.2) is 5.76 Å². The van der Waals surface area contributed by atoms with Gasteiger partial charge in [-0.2, -0.15) is 0 Å². The number of methoxy groups -OCH3 is 1. The molecule has 0 aliphatic heterocycles. The summed E-state index contributed by atoms with van der Waals surface area (Å²) in [5.41, 5.74) is 1.48. The van der Waals surface area contributed by atoms with E-state index in [1.54, 1.807) is 7.11 Å². The topological polar surface area (TPSA) is 62.9 Å². The fourth-order valence-corrected chi connectivity index (χ4v) is 2.54. The highest BCUT2D eigenvalue weighted by molar-refractivity contribution is 9.10. The molecule has 0 saturated heterocycles. The lowest BCUT2D eigenvalue weighted by Crippen LogP contribution is -2.36. The lowest BCUT2D eigenvalue weighted by Gasteiger charge is -2.20. The van der Waals surface area contributed by atoms with E-state index in [0.29, 0.717) is 24.5 Å². The van der Waals surface area contributed by atoms with Crippen molar-refractivity contribution in [2.24, 2.45) is 0 Å². The van der Waals surface area contributed by atoms with E-state index in [1.165, 1.54) is 4.90 Å². The monoisotopic (exact) mass is 355 g/mol. The molecule has 1 aromatic carbocycles. The fourth-order valence-electron chi connectivity index (χ4n) is 2.18. The predicted molar refractivity (Wildman–Crippen MR) is 83.5 cm³/mol. The number of halogens is 1. The smallest absolute Gasteiger partial charge is 0.290 e. The van der Waals surface area contributed by atoms with E-state index in [1.807, 2.05) is 25.1 Å². The van der Waals surface area contributed by atoms with Crippen molar-refractivity contribution in [2.45, 2.75) is 6.92 Å². The van der Waals surface area contributed by atoms with Crippen LogP contribution in [0, 0.1) is 6.92 Å². The van der Waals surface area contributed by atoms with Gasteiger partial charge in [0.1, 0.15) is 5.58 Å². The predicted octanol–water partition coefficient (Wildman–Crippen LogP) is 2.58. The molecule has 0 radical (unpaired) electrons. The Balaban J connectivity index is 2.34. The van der Waals surface area contributed by atoms with E-state index < -0.39 is 0 Å². The number of amides is 1. The zero-order chi connectivity index (χ0) is 15.4. The van der Waals surface area contributed by atoms with Crippen LogP contribution in [0.5, 0.6) is 0 Å². The Kier molecular flexibility index (Phi) is 5.39. The average Bonchev–Trinajstić information content (AvgIpc) is 2.80. The van der Waals surface area contributed by atoms with Gasteiger partial charge in [-0.1, -0.05) is 15.9 Å². The molecule has 0 fully saturated rings. The molecule has 6 heteroatoms. The number of benzene rings is 1. The Morgan fingerprint density at radius 3 is 2.86 bits per heavy atom. The zero-order valence-electron chi connectivity index (χ0n) is 12.1. The first kappa shape index (κ1) is 16.0. The highest BCUT2D eigenvalue weighted by Gasteiger charge is 2.22. The summed E-state index contributed by atoms with van der Waals surface area (Å²) in [4.78, 5) is 14.1. The van der Waals surface area contributed by atoms with Crippen molar-refractivity contribution in [1.29, 1.82) is 0 Å². The molecule has 0 aliphatic rings. The van der Waals surface area contributed by atoms with Crippen LogP contribution in [0.1, 0.15) is 16.1 Å². The molecule has 2 aromatic rings. The van der Waals surface area contributed by atoms with Gasteiger partial charge in [-0.05, 0) is 25.1 Å². The molecule has 0 atom stereocenters. The third kappa shape index (κ3) is 3.45. The van der Waals surface area contributed by atoms with Crippen LogP contribution in [-0.2, 0) is 4.74 Å². The van der Waals surface area contributed by atoms with Gasteiger partial charge in [0.05, 0.1) is 13.2 Å². The van der Waals surface area contributed by atoms with Gasteiger partial charge in [-0.3, -0.25) is 4.79 Å². The molecular formula is C15H18BrNO4. The van der Waals surface area contributed by atoms with Crippen molar-refractivity contribution >= 4 is 32.8 Å². The Morgan fingerprint density at radius 2 is 2.19 bits per heavy atom. The quantitative estimate of drug-likeness (QED) is 0.864. The molecule has 1 aromatic heterocycles. The molecule has 0 aliphatic carbocycles. The summed E-state index contributed by atoms with van der Waals surface area (Å²) in [6.45, 7) is 2.84. The van der Waals surface area contributed by atoms with Crippen LogP contribution in [0.25, 0.3) is 11.0 Å². The number of aryl methyl sites for hydroxylation is 1. The van der Waals surface area contributed by atoms with Crippen molar-refractivity contribution in [2.75, 3.05) is 33.4 Å². The van der Waals surface area contributed by atoms with E-state index >= 15 is 0 Å². The zero-order valence-corrected chi connectivity index (χ0v) is 13.6. The van der Waals surface area contributed by atoms with Gasteiger partial charge in [0.25, 0.3) is 5.91 Å². The molecule has 0 bridgehead atoms. The largest absolute Gasteiger partial charge is 0.451 e. The van der Waals surface area contributed by atoms with Gasteiger partial charge < -0.3 is 19.2 Å². The van der Waals surface area contributed by atoms with E-state index in [-0.39, 0.29) is 19.1 Å². The normalized spacial score (nSPS) is 11.0. The van der Waals surface area contributed by atoms with Crippen LogP contribution < -0.4 is 0 Å². The summed E-state index contributed by atoms with van der Waals surface area (Å²) >= 11 is 3.41. The molecule has 1 N–H and O–H groups in total. The number of furan rings is 1. The van der Waals surface area contributed by atoms with Crippen LogP contribution in [0.15, 0.2) is 27.1 Å². The molecule has 0 spiro atoms. The number of nitrogens with zero attached hydrogens (tertiary/aromatic N) is 1. The van der Waals surface area contributed by atoms with E-state index in [9.17, 15) is 4.79 Å². The minimum atomic E-state index is -0.231.